The largest absolute Gasteiger partial charge is 0.355 e. The summed E-state index contributed by atoms with van der Waals surface area (Å²) < 4.78 is 2.45. The lowest BCUT2D eigenvalue weighted by Crippen LogP contribution is -2.37. The Bertz CT molecular complexity index is 926. The van der Waals surface area contributed by atoms with Crippen LogP contribution < -0.4 is 16.6 Å². The van der Waals surface area contributed by atoms with Gasteiger partial charge in [-0.2, -0.15) is 0 Å². The number of nitrogens with zero attached hydrogens (tertiary/aromatic N) is 3. The van der Waals surface area contributed by atoms with E-state index in [9.17, 15) is 9.59 Å². The number of para-hydroxylation sites is 1. The standard InChI is InChI=1S/C15H14N4O2/c1-18-13-12(14(20)19(2)15(18)21)11(8-9-16-13)17-10-6-4-3-5-7-10/h3-9H,1-2H3,(H,16,17). The molecule has 0 fully saturated rings. The summed E-state index contributed by atoms with van der Waals surface area (Å²) in [6, 6.07) is 11.2. The number of rotatable bonds is 2. The summed E-state index contributed by atoms with van der Waals surface area (Å²) in [6.45, 7) is 0. The van der Waals surface area contributed by atoms with Crippen molar-refractivity contribution in [3.63, 3.8) is 0 Å². The molecule has 1 aromatic carbocycles. The quantitative estimate of drug-likeness (QED) is 0.771. The highest BCUT2D eigenvalue weighted by Gasteiger charge is 2.13. The van der Waals surface area contributed by atoms with Gasteiger partial charge in [0, 0.05) is 26.0 Å². The summed E-state index contributed by atoms with van der Waals surface area (Å²) in [5, 5.41) is 3.59. The first-order chi connectivity index (χ1) is 10.1. The van der Waals surface area contributed by atoms with Crippen molar-refractivity contribution in [3.05, 3.63) is 63.4 Å². The summed E-state index contributed by atoms with van der Waals surface area (Å²) in [6.07, 6.45) is 1.58. The maximum absolute atomic E-state index is 12.4. The van der Waals surface area contributed by atoms with Gasteiger partial charge in [0.2, 0.25) is 0 Å². The molecule has 3 aromatic rings. The molecule has 3 rings (SSSR count). The number of benzene rings is 1. The van der Waals surface area contributed by atoms with Crippen LogP contribution >= 0.6 is 0 Å². The van der Waals surface area contributed by atoms with Gasteiger partial charge < -0.3 is 5.32 Å². The number of aryl methyl sites for hydroxylation is 1. The van der Waals surface area contributed by atoms with Gasteiger partial charge in [0.25, 0.3) is 5.56 Å². The van der Waals surface area contributed by atoms with Gasteiger partial charge in [0.05, 0.1) is 5.69 Å². The molecule has 0 saturated carbocycles. The molecular weight excluding hydrogens is 268 g/mol. The molecule has 1 N–H and O–H groups in total. The lowest BCUT2D eigenvalue weighted by Gasteiger charge is -2.11. The Morgan fingerprint density at radius 3 is 2.43 bits per heavy atom. The van der Waals surface area contributed by atoms with Gasteiger partial charge >= 0.3 is 5.69 Å². The van der Waals surface area contributed by atoms with Crippen LogP contribution in [0.3, 0.4) is 0 Å². The second kappa shape index (κ2) is 4.90. The number of fused-ring (bicyclic) bond motifs is 1. The fourth-order valence-electron chi connectivity index (χ4n) is 2.27. The van der Waals surface area contributed by atoms with E-state index in [4.69, 9.17) is 0 Å². The van der Waals surface area contributed by atoms with Crippen LogP contribution in [0.2, 0.25) is 0 Å². The van der Waals surface area contributed by atoms with Gasteiger partial charge in [-0.05, 0) is 18.2 Å². The number of nitrogens with one attached hydrogen (secondary N) is 1. The highest BCUT2D eigenvalue weighted by molar-refractivity contribution is 5.90. The summed E-state index contributed by atoms with van der Waals surface area (Å²) in [5.41, 5.74) is 1.10. The van der Waals surface area contributed by atoms with Crippen LogP contribution in [0.5, 0.6) is 0 Å². The Morgan fingerprint density at radius 2 is 1.71 bits per heavy atom. The van der Waals surface area contributed by atoms with Crippen molar-refractivity contribution in [2.45, 2.75) is 0 Å². The van der Waals surface area contributed by atoms with Crippen LogP contribution in [0.4, 0.5) is 11.4 Å². The number of aromatic nitrogens is 3. The number of pyridine rings is 1. The van der Waals surface area contributed by atoms with E-state index in [1.165, 1.54) is 11.6 Å². The molecule has 6 nitrogen and oxygen atoms in total. The highest BCUT2D eigenvalue weighted by Crippen LogP contribution is 2.21. The van der Waals surface area contributed by atoms with Crippen molar-refractivity contribution < 1.29 is 0 Å². The van der Waals surface area contributed by atoms with E-state index in [2.05, 4.69) is 10.3 Å². The van der Waals surface area contributed by atoms with Crippen molar-refractivity contribution >= 4 is 22.4 Å². The predicted octanol–water partition coefficient (Wildman–Crippen LogP) is 1.38. The van der Waals surface area contributed by atoms with E-state index in [-0.39, 0.29) is 5.56 Å². The minimum absolute atomic E-state index is 0.361. The summed E-state index contributed by atoms with van der Waals surface area (Å²) in [5.74, 6) is 0. The molecule has 106 valence electrons. The van der Waals surface area contributed by atoms with Crippen LogP contribution in [0.15, 0.2) is 52.2 Å². The maximum atomic E-state index is 12.4. The third kappa shape index (κ3) is 2.10. The molecule has 0 aliphatic rings. The topological polar surface area (TPSA) is 68.9 Å². The van der Waals surface area contributed by atoms with Crippen molar-refractivity contribution in [2.75, 3.05) is 5.32 Å². The Hall–Kier alpha value is -2.89. The zero-order valence-electron chi connectivity index (χ0n) is 11.7. The minimum atomic E-state index is -0.392. The Balaban J connectivity index is 2.30. The van der Waals surface area contributed by atoms with E-state index < -0.39 is 5.69 Å². The van der Waals surface area contributed by atoms with Crippen LogP contribution in [0, 0.1) is 0 Å². The Labute approximate surface area is 120 Å². The van der Waals surface area contributed by atoms with Crippen LogP contribution in [0.1, 0.15) is 0 Å². The van der Waals surface area contributed by atoms with E-state index in [1.54, 1.807) is 19.3 Å². The molecule has 0 saturated heterocycles. The summed E-state index contributed by atoms with van der Waals surface area (Å²) >= 11 is 0. The van der Waals surface area contributed by atoms with E-state index >= 15 is 0 Å². The smallest absolute Gasteiger partial charge is 0.332 e. The summed E-state index contributed by atoms with van der Waals surface area (Å²) in [7, 11) is 3.06. The second-order valence-corrected chi connectivity index (χ2v) is 4.75. The first-order valence-corrected chi connectivity index (χ1v) is 6.46. The molecule has 0 unspecified atom stereocenters. The van der Waals surface area contributed by atoms with Crippen molar-refractivity contribution in [1.82, 2.24) is 14.1 Å². The Morgan fingerprint density at radius 1 is 1.00 bits per heavy atom. The first kappa shape index (κ1) is 13.1. The third-order valence-corrected chi connectivity index (χ3v) is 3.39. The fourth-order valence-corrected chi connectivity index (χ4v) is 2.27. The molecule has 21 heavy (non-hydrogen) atoms. The normalized spacial score (nSPS) is 10.8. The molecule has 0 atom stereocenters. The minimum Gasteiger partial charge on any atom is -0.355 e. The van der Waals surface area contributed by atoms with Gasteiger partial charge in [-0.3, -0.25) is 13.9 Å². The van der Waals surface area contributed by atoms with Gasteiger partial charge in [-0.15, -0.1) is 0 Å². The lowest BCUT2D eigenvalue weighted by atomic mass is 10.2. The molecule has 0 radical (unpaired) electrons. The zero-order chi connectivity index (χ0) is 15.0. The van der Waals surface area contributed by atoms with Gasteiger partial charge in [0.1, 0.15) is 5.39 Å². The molecule has 0 spiro atoms. The zero-order valence-corrected chi connectivity index (χ0v) is 11.7. The molecule has 0 bridgehead atoms. The van der Waals surface area contributed by atoms with Crippen LogP contribution in [0.25, 0.3) is 11.0 Å². The average molecular weight is 282 g/mol. The molecular formula is C15H14N4O2. The van der Waals surface area contributed by atoms with E-state index in [0.717, 1.165) is 10.3 Å². The fraction of sp³-hybridized carbons (Fsp3) is 0.133. The summed E-state index contributed by atoms with van der Waals surface area (Å²) in [4.78, 5) is 28.5. The molecule has 0 aliphatic heterocycles. The van der Waals surface area contributed by atoms with Crippen molar-refractivity contribution in [3.8, 4) is 0 Å². The van der Waals surface area contributed by atoms with Gasteiger partial charge in [-0.1, -0.05) is 18.2 Å². The number of hydrogen-bond acceptors (Lipinski definition) is 4. The second-order valence-electron chi connectivity index (χ2n) is 4.75. The monoisotopic (exact) mass is 282 g/mol. The molecule has 6 heteroatoms. The lowest BCUT2D eigenvalue weighted by molar-refractivity contribution is 0.708. The highest BCUT2D eigenvalue weighted by atomic mass is 16.2. The Kier molecular flexibility index (Phi) is 3.06. The van der Waals surface area contributed by atoms with Crippen molar-refractivity contribution in [2.24, 2.45) is 14.1 Å². The van der Waals surface area contributed by atoms with E-state index in [1.807, 2.05) is 30.3 Å². The van der Waals surface area contributed by atoms with Crippen LogP contribution in [-0.2, 0) is 14.1 Å². The number of hydrogen-bond donors (Lipinski definition) is 1. The molecule has 0 amide bonds. The molecule has 2 heterocycles. The van der Waals surface area contributed by atoms with Crippen molar-refractivity contribution in [1.29, 1.82) is 0 Å². The third-order valence-electron chi connectivity index (χ3n) is 3.39. The van der Waals surface area contributed by atoms with Gasteiger partial charge in [0.15, 0.2) is 5.65 Å². The van der Waals surface area contributed by atoms with E-state index in [0.29, 0.717) is 16.7 Å². The predicted molar refractivity (Wildman–Crippen MR) is 81.9 cm³/mol. The average Bonchev–Trinajstić information content (AvgIpc) is 2.51. The first-order valence-electron chi connectivity index (χ1n) is 6.46. The van der Waals surface area contributed by atoms with Crippen LogP contribution in [-0.4, -0.2) is 14.1 Å². The maximum Gasteiger partial charge on any atom is 0.332 e. The number of anilines is 2. The van der Waals surface area contributed by atoms with Gasteiger partial charge in [-0.25, -0.2) is 9.78 Å². The molecule has 0 aliphatic carbocycles. The molecule has 2 aromatic heterocycles. The SMILES string of the molecule is Cn1c(=O)c2c(Nc3ccccc3)ccnc2n(C)c1=O.